The molecule has 0 radical (unpaired) electrons. The van der Waals surface area contributed by atoms with E-state index in [9.17, 15) is 0 Å². The Balaban J connectivity index is 1.95. The minimum Gasteiger partial charge on any atom is -0.394 e. The lowest BCUT2D eigenvalue weighted by Gasteiger charge is -2.22. The van der Waals surface area contributed by atoms with Gasteiger partial charge in [-0.25, -0.2) is 0 Å². The van der Waals surface area contributed by atoms with E-state index in [-0.39, 0.29) is 0 Å². The summed E-state index contributed by atoms with van der Waals surface area (Å²) >= 11 is 2.07. The summed E-state index contributed by atoms with van der Waals surface area (Å²) in [6.07, 6.45) is 4.94. The lowest BCUT2D eigenvalue weighted by molar-refractivity contribution is 0.672. The first kappa shape index (κ1) is 12.6. The van der Waals surface area contributed by atoms with Crippen LogP contribution in [-0.2, 0) is 13.5 Å². The summed E-state index contributed by atoms with van der Waals surface area (Å²) in [4.78, 5) is 0. The average Bonchev–Trinajstić information content (AvgIpc) is 2.63. The summed E-state index contributed by atoms with van der Waals surface area (Å²) in [7, 11) is 1.95. The van der Waals surface area contributed by atoms with Crippen molar-refractivity contribution in [3.63, 3.8) is 0 Å². The summed E-state index contributed by atoms with van der Waals surface area (Å²) in [6, 6.07) is 0. The van der Waals surface area contributed by atoms with Crippen molar-refractivity contribution >= 4 is 23.3 Å². The van der Waals surface area contributed by atoms with E-state index in [0.29, 0.717) is 0 Å². The third-order valence-corrected chi connectivity index (χ3v) is 4.66. The lowest BCUT2D eigenvalue weighted by atomic mass is 10.2. The maximum Gasteiger partial charge on any atom is 0.147 e. The molecule has 0 bridgehead atoms. The van der Waals surface area contributed by atoms with Gasteiger partial charge in [0.05, 0.1) is 11.4 Å². The van der Waals surface area contributed by atoms with Crippen LogP contribution >= 0.6 is 11.8 Å². The number of hydrogen-bond acceptors (Lipinski definition) is 4. The number of nitrogens with zero attached hydrogens (tertiary/aromatic N) is 2. The van der Waals surface area contributed by atoms with Crippen molar-refractivity contribution in [3.8, 4) is 0 Å². The second kappa shape index (κ2) is 5.67. The van der Waals surface area contributed by atoms with Crippen molar-refractivity contribution in [2.45, 2.75) is 37.9 Å². The molecule has 5 heteroatoms. The molecule has 1 atom stereocenters. The highest BCUT2D eigenvalue weighted by molar-refractivity contribution is 7.99. The molecular weight excluding hydrogens is 232 g/mol. The summed E-state index contributed by atoms with van der Waals surface area (Å²) in [5.74, 6) is 2.28. The van der Waals surface area contributed by atoms with E-state index in [4.69, 9.17) is 5.73 Å². The van der Waals surface area contributed by atoms with Crippen LogP contribution in [0.15, 0.2) is 0 Å². The van der Waals surface area contributed by atoms with Crippen molar-refractivity contribution < 1.29 is 0 Å². The van der Waals surface area contributed by atoms with Crippen LogP contribution < -0.4 is 11.1 Å². The molecule has 0 aliphatic carbocycles. The Labute approximate surface area is 107 Å². The van der Waals surface area contributed by atoms with Crippen LogP contribution in [0, 0.1) is 0 Å². The highest BCUT2D eigenvalue weighted by Gasteiger charge is 2.16. The van der Waals surface area contributed by atoms with Crippen LogP contribution in [-0.4, -0.2) is 27.3 Å². The molecule has 1 unspecified atom stereocenters. The first-order chi connectivity index (χ1) is 8.22. The minimum atomic E-state index is 0.725. The SMILES string of the molecule is CCc1nn(C)c(NCC2CCCCS2)c1N. The number of aryl methyl sites for hydroxylation is 2. The van der Waals surface area contributed by atoms with Crippen LogP contribution in [0.1, 0.15) is 31.9 Å². The zero-order valence-corrected chi connectivity index (χ0v) is 11.5. The molecule has 1 aliphatic heterocycles. The Morgan fingerprint density at radius 2 is 2.35 bits per heavy atom. The molecule has 0 aromatic carbocycles. The van der Waals surface area contributed by atoms with E-state index < -0.39 is 0 Å². The summed E-state index contributed by atoms with van der Waals surface area (Å²) in [5, 5.41) is 8.60. The first-order valence-corrected chi connectivity index (χ1v) is 7.44. The van der Waals surface area contributed by atoms with Crippen LogP contribution in [0.3, 0.4) is 0 Å². The van der Waals surface area contributed by atoms with E-state index in [1.165, 1.54) is 25.0 Å². The Bertz CT molecular complexity index is 369. The monoisotopic (exact) mass is 254 g/mol. The molecule has 1 aromatic heterocycles. The molecule has 0 spiro atoms. The van der Waals surface area contributed by atoms with Crippen LogP contribution in [0.4, 0.5) is 11.5 Å². The predicted octanol–water partition coefficient (Wildman–Crippen LogP) is 2.26. The van der Waals surface area contributed by atoms with Gasteiger partial charge >= 0.3 is 0 Å². The zero-order chi connectivity index (χ0) is 12.3. The molecule has 1 saturated heterocycles. The van der Waals surface area contributed by atoms with Gasteiger partial charge in [0.2, 0.25) is 0 Å². The maximum atomic E-state index is 6.08. The molecule has 1 aliphatic rings. The zero-order valence-electron chi connectivity index (χ0n) is 10.7. The fourth-order valence-electron chi connectivity index (χ4n) is 2.25. The van der Waals surface area contributed by atoms with Gasteiger partial charge < -0.3 is 11.1 Å². The van der Waals surface area contributed by atoms with Crippen molar-refractivity contribution in [2.75, 3.05) is 23.3 Å². The molecule has 1 aromatic rings. The van der Waals surface area contributed by atoms with Crippen molar-refractivity contribution in [1.29, 1.82) is 0 Å². The first-order valence-electron chi connectivity index (χ1n) is 6.39. The molecule has 96 valence electrons. The molecular formula is C12H22N4S. The molecule has 0 amide bonds. The summed E-state index contributed by atoms with van der Waals surface area (Å²) in [6.45, 7) is 3.08. The number of nitrogens with one attached hydrogen (secondary N) is 1. The Morgan fingerprint density at radius 1 is 1.53 bits per heavy atom. The van der Waals surface area contributed by atoms with Gasteiger partial charge in [0.15, 0.2) is 0 Å². The van der Waals surface area contributed by atoms with Gasteiger partial charge in [-0.1, -0.05) is 13.3 Å². The fourth-order valence-corrected chi connectivity index (χ4v) is 3.48. The number of aromatic nitrogens is 2. The van der Waals surface area contributed by atoms with Gasteiger partial charge in [-0.3, -0.25) is 4.68 Å². The highest BCUT2D eigenvalue weighted by atomic mass is 32.2. The van der Waals surface area contributed by atoms with Crippen LogP contribution in [0.25, 0.3) is 0 Å². The predicted molar refractivity (Wildman–Crippen MR) is 75.6 cm³/mol. The van der Waals surface area contributed by atoms with Crippen molar-refractivity contribution in [2.24, 2.45) is 7.05 Å². The average molecular weight is 254 g/mol. The highest BCUT2D eigenvalue weighted by Crippen LogP contribution is 2.27. The number of nitrogens with two attached hydrogens (primary N) is 1. The smallest absolute Gasteiger partial charge is 0.147 e. The van der Waals surface area contributed by atoms with E-state index in [1.54, 1.807) is 0 Å². The number of rotatable bonds is 4. The molecule has 2 rings (SSSR count). The van der Waals surface area contributed by atoms with Crippen molar-refractivity contribution in [1.82, 2.24) is 9.78 Å². The third kappa shape index (κ3) is 2.89. The topological polar surface area (TPSA) is 55.9 Å². The van der Waals surface area contributed by atoms with Gasteiger partial charge in [0.1, 0.15) is 5.82 Å². The minimum absolute atomic E-state index is 0.725. The normalized spacial score (nSPS) is 20.5. The fraction of sp³-hybridized carbons (Fsp3) is 0.750. The summed E-state index contributed by atoms with van der Waals surface area (Å²) < 4.78 is 1.86. The molecule has 3 N–H and O–H groups in total. The number of thioether (sulfide) groups is 1. The van der Waals surface area contributed by atoms with Crippen LogP contribution in [0.2, 0.25) is 0 Å². The Morgan fingerprint density at radius 3 is 2.94 bits per heavy atom. The standard InChI is InChI=1S/C12H22N4S/c1-3-10-11(13)12(16(2)15-10)14-8-9-6-4-5-7-17-9/h9,14H,3-8,13H2,1-2H3. The quantitative estimate of drug-likeness (QED) is 0.865. The molecule has 2 heterocycles. The molecule has 4 nitrogen and oxygen atoms in total. The maximum absolute atomic E-state index is 6.08. The lowest BCUT2D eigenvalue weighted by Crippen LogP contribution is -2.21. The van der Waals surface area contributed by atoms with Gasteiger partial charge in [-0.15, -0.1) is 0 Å². The van der Waals surface area contributed by atoms with Gasteiger partial charge in [-0.05, 0) is 25.0 Å². The number of hydrogen-bond donors (Lipinski definition) is 2. The second-order valence-corrected chi connectivity index (χ2v) is 5.96. The molecule has 0 saturated carbocycles. The number of nitrogen functional groups attached to an aromatic ring is 1. The van der Waals surface area contributed by atoms with E-state index in [2.05, 4.69) is 29.1 Å². The molecule has 1 fully saturated rings. The second-order valence-electron chi connectivity index (χ2n) is 4.56. The van der Waals surface area contributed by atoms with Crippen molar-refractivity contribution in [3.05, 3.63) is 5.69 Å². The third-order valence-electron chi connectivity index (χ3n) is 3.27. The Kier molecular flexibility index (Phi) is 4.20. The van der Waals surface area contributed by atoms with E-state index in [1.807, 2.05) is 11.7 Å². The van der Waals surface area contributed by atoms with Gasteiger partial charge in [-0.2, -0.15) is 16.9 Å². The van der Waals surface area contributed by atoms with Gasteiger partial charge in [0, 0.05) is 18.8 Å². The largest absolute Gasteiger partial charge is 0.394 e. The van der Waals surface area contributed by atoms with E-state index in [0.717, 1.165) is 35.4 Å². The Hall–Kier alpha value is -0.840. The van der Waals surface area contributed by atoms with Crippen LogP contribution in [0.5, 0.6) is 0 Å². The van der Waals surface area contributed by atoms with E-state index >= 15 is 0 Å². The van der Waals surface area contributed by atoms with Gasteiger partial charge in [0.25, 0.3) is 0 Å². The molecule has 17 heavy (non-hydrogen) atoms. The number of anilines is 2. The summed E-state index contributed by atoms with van der Waals surface area (Å²) in [5.41, 5.74) is 7.89.